The third-order valence-electron chi connectivity index (χ3n) is 2.35. The molecule has 0 radical (unpaired) electrons. The minimum absolute atomic E-state index is 0.459. The Morgan fingerprint density at radius 3 is 2.59 bits per heavy atom. The normalized spacial score (nSPS) is 12.2. The number of aliphatic carboxylic acids is 1. The Hall–Kier alpha value is -1.40. The van der Waals surface area contributed by atoms with Gasteiger partial charge in [0.15, 0.2) is 6.04 Å². The van der Waals surface area contributed by atoms with Crippen LogP contribution < -0.4 is 5.32 Å². The third kappa shape index (κ3) is 3.28. The zero-order valence-corrected chi connectivity index (χ0v) is 10.5. The number of aliphatic hydroxyl groups excluding tert-OH is 1. The molecule has 1 amide bonds. The molecule has 6 heteroatoms. The first-order valence-corrected chi connectivity index (χ1v) is 6.05. The predicted molar refractivity (Wildman–Crippen MR) is 64.4 cm³/mol. The quantitative estimate of drug-likeness (QED) is 0.728. The molecule has 0 aliphatic rings. The van der Waals surface area contributed by atoms with Crippen LogP contribution >= 0.6 is 11.3 Å². The van der Waals surface area contributed by atoms with Crippen molar-refractivity contribution in [2.75, 3.05) is 6.61 Å². The van der Waals surface area contributed by atoms with Crippen molar-refractivity contribution in [3.05, 3.63) is 21.4 Å². The van der Waals surface area contributed by atoms with Gasteiger partial charge in [0, 0.05) is 4.88 Å². The number of rotatable bonds is 5. The number of carboxylic acids is 1. The third-order valence-corrected chi connectivity index (χ3v) is 3.73. The van der Waals surface area contributed by atoms with E-state index in [9.17, 15) is 9.59 Å². The van der Waals surface area contributed by atoms with Crippen LogP contribution in [0.1, 0.15) is 27.0 Å². The number of nitrogens with one attached hydrogen (secondary N) is 1. The van der Waals surface area contributed by atoms with Gasteiger partial charge in [0.1, 0.15) is 0 Å². The molecule has 0 saturated carbocycles. The summed E-state index contributed by atoms with van der Waals surface area (Å²) in [7, 11) is 0. The van der Waals surface area contributed by atoms with E-state index in [0.29, 0.717) is 4.88 Å². The molecule has 1 rings (SSSR count). The monoisotopic (exact) mass is 257 g/mol. The molecule has 0 aromatic carbocycles. The van der Waals surface area contributed by atoms with Crippen LogP contribution in [0, 0.1) is 6.92 Å². The molecule has 1 aromatic rings. The Labute approximate surface area is 103 Å². The van der Waals surface area contributed by atoms with Crippen LogP contribution in [-0.2, 0) is 11.2 Å². The van der Waals surface area contributed by atoms with E-state index in [2.05, 4.69) is 5.32 Å². The van der Waals surface area contributed by atoms with Crippen molar-refractivity contribution in [3.8, 4) is 0 Å². The van der Waals surface area contributed by atoms with Gasteiger partial charge < -0.3 is 15.5 Å². The predicted octanol–water partition coefficient (Wildman–Crippen LogP) is 0.794. The van der Waals surface area contributed by atoms with Gasteiger partial charge in [-0.2, -0.15) is 0 Å². The number of carboxylic acid groups (broad SMARTS) is 1. The fourth-order valence-electron chi connectivity index (χ4n) is 1.40. The van der Waals surface area contributed by atoms with Crippen molar-refractivity contribution >= 4 is 23.2 Å². The zero-order chi connectivity index (χ0) is 13.0. The Morgan fingerprint density at radius 2 is 2.18 bits per heavy atom. The van der Waals surface area contributed by atoms with Crippen molar-refractivity contribution in [2.24, 2.45) is 0 Å². The van der Waals surface area contributed by atoms with E-state index in [-0.39, 0.29) is 0 Å². The van der Waals surface area contributed by atoms with Gasteiger partial charge >= 0.3 is 5.97 Å². The first kappa shape index (κ1) is 13.7. The lowest BCUT2D eigenvalue weighted by molar-refractivity contribution is -0.140. The minimum Gasteiger partial charge on any atom is -0.480 e. The lowest BCUT2D eigenvalue weighted by Crippen LogP contribution is -2.43. The molecule has 94 valence electrons. The van der Waals surface area contributed by atoms with E-state index < -0.39 is 24.5 Å². The Balaban J connectivity index is 2.78. The number of hydrogen-bond donors (Lipinski definition) is 3. The molecule has 17 heavy (non-hydrogen) atoms. The van der Waals surface area contributed by atoms with Crippen LogP contribution in [0.5, 0.6) is 0 Å². The summed E-state index contributed by atoms with van der Waals surface area (Å²) < 4.78 is 0. The first-order chi connectivity index (χ1) is 7.99. The molecule has 0 unspecified atom stereocenters. The van der Waals surface area contributed by atoms with E-state index in [1.54, 1.807) is 6.07 Å². The van der Waals surface area contributed by atoms with Gasteiger partial charge in [0.25, 0.3) is 5.91 Å². The SMILES string of the molecule is CCc1sc(C(=O)N[C@@H](CO)C(=O)O)cc1C. The molecule has 0 saturated heterocycles. The van der Waals surface area contributed by atoms with Gasteiger partial charge in [-0.3, -0.25) is 4.79 Å². The van der Waals surface area contributed by atoms with E-state index in [0.717, 1.165) is 16.9 Å². The van der Waals surface area contributed by atoms with Gasteiger partial charge in [0.05, 0.1) is 11.5 Å². The average Bonchev–Trinajstić information content (AvgIpc) is 2.66. The lowest BCUT2D eigenvalue weighted by Gasteiger charge is -2.10. The van der Waals surface area contributed by atoms with E-state index in [1.165, 1.54) is 11.3 Å². The van der Waals surface area contributed by atoms with Crippen molar-refractivity contribution in [1.29, 1.82) is 0 Å². The molecular weight excluding hydrogens is 242 g/mol. The summed E-state index contributed by atoms with van der Waals surface area (Å²) in [6.07, 6.45) is 0.839. The minimum atomic E-state index is -1.25. The number of aliphatic hydroxyl groups is 1. The van der Waals surface area contributed by atoms with Crippen LogP contribution in [0.4, 0.5) is 0 Å². The summed E-state index contributed by atoms with van der Waals surface area (Å²) in [4.78, 5) is 24.0. The zero-order valence-electron chi connectivity index (χ0n) is 9.69. The Bertz CT molecular complexity index is 427. The fraction of sp³-hybridized carbons (Fsp3) is 0.455. The second kappa shape index (κ2) is 5.79. The number of amides is 1. The van der Waals surface area contributed by atoms with Gasteiger partial charge in [-0.1, -0.05) is 6.92 Å². The molecule has 0 fully saturated rings. The van der Waals surface area contributed by atoms with Crippen LogP contribution in [-0.4, -0.2) is 34.7 Å². The lowest BCUT2D eigenvalue weighted by atomic mass is 10.2. The average molecular weight is 257 g/mol. The first-order valence-electron chi connectivity index (χ1n) is 5.23. The van der Waals surface area contributed by atoms with Crippen LogP contribution in [0.15, 0.2) is 6.07 Å². The standard InChI is InChI=1S/C11H15NO4S/c1-3-8-6(2)4-9(17-8)10(14)12-7(5-13)11(15)16/h4,7,13H,3,5H2,1-2H3,(H,12,14)(H,15,16)/t7-/m0/s1. The molecule has 1 aromatic heterocycles. The number of hydrogen-bond acceptors (Lipinski definition) is 4. The molecule has 0 aliphatic carbocycles. The summed E-state index contributed by atoms with van der Waals surface area (Å²) in [5, 5.41) is 19.8. The van der Waals surface area contributed by atoms with E-state index in [1.807, 2.05) is 13.8 Å². The number of thiophene rings is 1. The molecule has 0 bridgehead atoms. The Morgan fingerprint density at radius 1 is 1.53 bits per heavy atom. The van der Waals surface area contributed by atoms with Crippen molar-refractivity contribution < 1.29 is 19.8 Å². The molecule has 5 nitrogen and oxygen atoms in total. The van der Waals surface area contributed by atoms with Crippen molar-refractivity contribution in [3.63, 3.8) is 0 Å². The second-order valence-corrected chi connectivity index (χ2v) is 4.75. The molecule has 3 N–H and O–H groups in total. The van der Waals surface area contributed by atoms with E-state index in [4.69, 9.17) is 10.2 Å². The smallest absolute Gasteiger partial charge is 0.328 e. The van der Waals surface area contributed by atoms with Crippen molar-refractivity contribution in [2.45, 2.75) is 26.3 Å². The summed E-state index contributed by atoms with van der Waals surface area (Å²) in [6.45, 7) is 3.28. The van der Waals surface area contributed by atoms with Crippen molar-refractivity contribution in [1.82, 2.24) is 5.32 Å². The van der Waals surface area contributed by atoms with Gasteiger partial charge in [-0.05, 0) is 25.0 Å². The van der Waals surface area contributed by atoms with Gasteiger partial charge in [-0.25, -0.2) is 4.79 Å². The second-order valence-electron chi connectivity index (χ2n) is 3.62. The maximum Gasteiger partial charge on any atom is 0.328 e. The molecule has 1 heterocycles. The van der Waals surface area contributed by atoms with Gasteiger partial charge in [-0.15, -0.1) is 11.3 Å². The highest BCUT2D eigenvalue weighted by molar-refractivity contribution is 7.14. The highest BCUT2D eigenvalue weighted by atomic mass is 32.1. The molecule has 1 atom stereocenters. The van der Waals surface area contributed by atoms with E-state index >= 15 is 0 Å². The van der Waals surface area contributed by atoms with Crippen LogP contribution in [0.25, 0.3) is 0 Å². The highest BCUT2D eigenvalue weighted by Crippen LogP contribution is 2.22. The Kier molecular flexibility index (Phi) is 4.65. The summed E-state index contributed by atoms with van der Waals surface area (Å²) in [6, 6.07) is 0.477. The van der Waals surface area contributed by atoms with Crippen LogP contribution in [0.3, 0.4) is 0 Å². The summed E-state index contributed by atoms with van der Waals surface area (Å²) in [5.41, 5.74) is 1.03. The fourth-order valence-corrected chi connectivity index (χ4v) is 2.41. The highest BCUT2D eigenvalue weighted by Gasteiger charge is 2.20. The maximum atomic E-state index is 11.7. The largest absolute Gasteiger partial charge is 0.480 e. The summed E-state index contributed by atoms with van der Waals surface area (Å²) in [5.74, 6) is -1.70. The number of aryl methyl sites for hydroxylation is 2. The molecular formula is C11H15NO4S. The topological polar surface area (TPSA) is 86.6 Å². The maximum absolute atomic E-state index is 11.7. The molecule has 0 aliphatic heterocycles. The summed E-state index contributed by atoms with van der Waals surface area (Å²) >= 11 is 1.35. The van der Waals surface area contributed by atoms with Gasteiger partial charge in [0.2, 0.25) is 0 Å². The number of carbonyl (C=O) groups excluding carboxylic acids is 1. The van der Waals surface area contributed by atoms with Crippen LogP contribution in [0.2, 0.25) is 0 Å². The number of carbonyl (C=O) groups is 2. The molecule has 0 spiro atoms.